The molecule has 1 heterocycles. The van der Waals surface area contributed by atoms with Crippen LogP contribution >= 0.6 is 0 Å². The smallest absolute Gasteiger partial charge is 0.232 e. The summed E-state index contributed by atoms with van der Waals surface area (Å²) < 4.78 is 26.5. The van der Waals surface area contributed by atoms with E-state index in [1.165, 1.54) is 6.07 Å². The first-order valence-corrected chi connectivity index (χ1v) is 8.38. The molecule has 3 aromatic rings. The van der Waals surface area contributed by atoms with Gasteiger partial charge in [0.1, 0.15) is 5.82 Å². The second-order valence-electron chi connectivity index (χ2n) is 6.03. The molecule has 0 atom stereocenters. The van der Waals surface area contributed by atoms with Crippen molar-refractivity contribution in [2.45, 2.75) is 20.8 Å². The van der Waals surface area contributed by atoms with Gasteiger partial charge < -0.3 is 10.2 Å². The Labute approximate surface area is 151 Å². The third-order valence-corrected chi connectivity index (χ3v) is 3.91. The van der Waals surface area contributed by atoms with Crippen LogP contribution in [0, 0.1) is 25.5 Å². The predicted octanol–water partition coefficient (Wildman–Crippen LogP) is 5.27. The lowest BCUT2D eigenvalue weighted by molar-refractivity contribution is 0.509. The van der Waals surface area contributed by atoms with Gasteiger partial charge in [-0.05, 0) is 50.6 Å². The van der Waals surface area contributed by atoms with E-state index < -0.39 is 11.6 Å². The fourth-order valence-corrected chi connectivity index (χ4v) is 2.69. The van der Waals surface area contributed by atoms with Crippen LogP contribution in [0.4, 0.5) is 31.9 Å². The van der Waals surface area contributed by atoms with Crippen molar-refractivity contribution < 1.29 is 8.78 Å². The molecule has 0 aliphatic rings. The van der Waals surface area contributed by atoms with Gasteiger partial charge in [-0.3, -0.25) is 0 Å². The summed E-state index contributed by atoms with van der Waals surface area (Å²) in [5.74, 6) is -0.726. The monoisotopic (exact) mass is 354 g/mol. The predicted molar refractivity (Wildman–Crippen MR) is 100 cm³/mol. The van der Waals surface area contributed by atoms with E-state index in [-0.39, 0.29) is 0 Å². The lowest BCUT2D eigenvalue weighted by Crippen LogP contribution is -2.19. The van der Waals surface area contributed by atoms with Crippen molar-refractivity contribution in [2.24, 2.45) is 0 Å². The summed E-state index contributed by atoms with van der Waals surface area (Å²) in [7, 11) is 0. The quantitative estimate of drug-likeness (QED) is 0.677. The maximum Gasteiger partial charge on any atom is 0.232 e. The Morgan fingerprint density at radius 1 is 0.962 bits per heavy atom. The lowest BCUT2D eigenvalue weighted by Gasteiger charge is -2.22. The van der Waals surface area contributed by atoms with Gasteiger partial charge in [0.2, 0.25) is 5.95 Å². The van der Waals surface area contributed by atoms with Crippen molar-refractivity contribution in [3.8, 4) is 0 Å². The summed E-state index contributed by atoms with van der Waals surface area (Å²) in [5.41, 5.74) is 3.34. The third kappa shape index (κ3) is 3.96. The molecule has 0 spiro atoms. The standard InChI is InChI=1S/C20H20F2N4/c1-4-26(16-7-5-6-13(2)10-16)20-23-14(3)11-19(25-20)24-15-8-9-17(21)18(22)12-15/h5-12H,4H2,1-3H3,(H,23,24,25). The van der Waals surface area contributed by atoms with Crippen molar-refractivity contribution in [2.75, 3.05) is 16.8 Å². The van der Waals surface area contributed by atoms with E-state index in [0.717, 1.165) is 29.1 Å². The Morgan fingerprint density at radius 3 is 2.46 bits per heavy atom. The minimum Gasteiger partial charge on any atom is -0.340 e. The number of nitrogens with one attached hydrogen (secondary N) is 1. The van der Waals surface area contributed by atoms with Crippen molar-refractivity contribution in [1.29, 1.82) is 0 Å². The molecule has 1 N–H and O–H groups in total. The fourth-order valence-electron chi connectivity index (χ4n) is 2.69. The van der Waals surface area contributed by atoms with E-state index in [4.69, 9.17) is 0 Å². The van der Waals surface area contributed by atoms with Crippen LogP contribution in [-0.4, -0.2) is 16.5 Å². The second-order valence-corrected chi connectivity index (χ2v) is 6.03. The molecule has 0 amide bonds. The zero-order valence-corrected chi connectivity index (χ0v) is 14.9. The summed E-state index contributed by atoms with van der Waals surface area (Å²) in [6, 6.07) is 13.5. The minimum atomic E-state index is -0.907. The fraction of sp³-hybridized carbons (Fsp3) is 0.200. The number of aromatic nitrogens is 2. The largest absolute Gasteiger partial charge is 0.340 e. The van der Waals surface area contributed by atoms with Gasteiger partial charge in [0.05, 0.1) is 0 Å². The Morgan fingerprint density at radius 2 is 1.77 bits per heavy atom. The Hall–Kier alpha value is -3.02. The number of aryl methyl sites for hydroxylation is 2. The van der Waals surface area contributed by atoms with Crippen LogP contribution in [0.5, 0.6) is 0 Å². The average molecular weight is 354 g/mol. The zero-order chi connectivity index (χ0) is 18.7. The maximum absolute atomic E-state index is 13.4. The van der Waals surface area contributed by atoms with Crippen molar-refractivity contribution in [3.05, 3.63) is 71.4 Å². The zero-order valence-electron chi connectivity index (χ0n) is 14.9. The molecule has 1 aromatic heterocycles. The topological polar surface area (TPSA) is 41.1 Å². The molecule has 0 saturated heterocycles. The van der Waals surface area contributed by atoms with E-state index in [1.807, 2.05) is 43.9 Å². The first-order chi connectivity index (χ1) is 12.5. The number of nitrogens with zero attached hydrogens (tertiary/aromatic N) is 3. The van der Waals surface area contributed by atoms with Crippen molar-refractivity contribution in [3.63, 3.8) is 0 Å². The van der Waals surface area contributed by atoms with Gasteiger partial charge in [-0.1, -0.05) is 12.1 Å². The molecule has 2 aromatic carbocycles. The van der Waals surface area contributed by atoms with Crippen LogP contribution in [0.1, 0.15) is 18.2 Å². The normalized spacial score (nSPS) is 10.7. The van der Waals surface area contributed by atoms with E-state index >= 15 is 0 Å². The number of rotatable bonds is 5. The number of anilines is 4. The molecule has 134 valence electrons. The summed E-state index contributed by atoms with van der Waals surface area (Å²) in [6.07, 6.45) is 0. The van der Waals surface area contributed by atoms with E-state index in [9.17, 15) is 8.78 Å². The molecule has 26 heavy (non-hydrogen) atoms. The molecule has 0 saturated carbocycles. The molecule has 0 aliphatic carbocycles. The van der Waals surface area contributed by atoms with Crippen LogP contribution in [0.3, 0.4) is 0 Å². The Balaban J connectivity index is 1.94. The van der Waals surface area contributed by atoms with Gasteiger partial charge in [-0.25, -0.2) is 13.8 Å². The van der Waals surface area contributed by atoms with E-state index in [1.54, 1.807) is 6.07 Å². The average Bonchev–Trinajstić information content (AvgIpc) is 2.58. The number of benzene rings is 2. The molecule has 0 radical (unpaired) electrons. The third-order valence-electron chi connectivity index (χ3n) is 3.91. The van der Waals surface area contributed by atoms with Crippen molar-refractivity contribution in [1.82, 2.24) is 9.97 Å². The van der Waals surface area contributed by atoms with Crippen LogP contribution in [0.2, 0.25) is 0 Å². The number of halogens is 2. The number of hydrogen-bond donors (Lipinski definition) is 1. The molecule has 0 unspecified atom stereocenters. The van der Waals surface area contributed by atoms with Gasteiger partial charge in [0, 0.05) is 35.7 Å². The van der Waals surface area contributed by atoms with Crippen LogP contribution < -0.4 is 10.2 Å². The molecular weight excluding hydrogens is 334 g/mol. The molecule has 4 nitrogen and oxygen atoms in total. The summed E-state index contributed by atoms with van der Waals surface area (Å²) in [5, 5.41) is 3.01. The Bertz CT molecular complexity index is 927. The summed E-state index contributed by atoms with van der Waals surface area (Å²) >= 11 is 0. The molecule has 0 fully saturated rings. The van der Waals surface area contributed by atoms with Gasteiger partial charge >= 0.3 is 0 Å². The molecule has 3 rings (SSSR count). The van der Waals surface area contributed by atoms with Gasteiger partial charge in [0.15, 0.2) is 11.6 Å². The van der Waals surface area contributed by atoms with Crippen LogP contribution in [-0.2, 0) is 0 Å². The van der Waals surface area contributed by atoms with Crippen molar-refractivity contribution >= 4 is 23.1 Å². The van der Waals surface area contributed by atoms with Gasteiger partial charge in [-0.2, -0.15) is 4.98 Å². The first kappa shape index (κ1) is 17.8. The SMILES string of the molecule is CCN(c1cccc(C)c1)c1nc(C)cc(Nc2ccc(F)c(F)c2)n1. The Kier molecular flexibility index (Phi) is 5.11. The maximum atomic E-state index is 13.4. The first-order valence-electron chi connectivity index (χ1n) is 8.38. The molecule has 0 aliphatic heterocycles. The highest BCUT2D eigenvalue weighted by molar-refractivity contribution is 5.62. The van der Waals surface area contributed by atoms with Gasteiger partial charge in [0.25, 0.3) is 0 Å². The highest BCUT2D eigenvalue weighted by Gasteiger charge is 2.13. The van der Waals surface area contributed by atoms with Crippen LogP contribution in [0.25, 0.3) is 0 Å². The minimum absolute atomic E-state index is 0.423. The molecule has 6 heteroatoms. The lowest BCUT2D eigenvalue weighted by atomic mass is 10.2. The van der Waals surface area contributed by atoms with Gasteiger partial charge in [-0.15, -0.1) is 0 Å². The second kappa shape index (κ2) is 7.47. The number of hydrogen-bond acceptors (Lipinski definition) is 4. The highest BCUT2D eigenvalue weighted by Crippen LogP contribution is 2.25. The summed E-state index contributed by atoms with van der Waals surface area (Å²) in [6.45, 7) is 6.62. The molecular formula is C20H20F2N4. The summed E-state index contributed by atoms with van der Waals surface area (Å²) in [4.78, 5) is 11.1. The van der Waals surface area contributed by atoms with E-state index in [0.29, 0.717) is 24.0 Å². The molecule has 0 bridgehead atoms. The van der Waals surface area contributed by atoms with E-state index in [2.05, 4.69) is 21.4 Å². The highest BCUT2D eigenvalue weighted by atomic mass is 19.2. The van der Waals surface area contributed by atoms with Crippen LogP contribution in [0.15, 0.2) is 48.5 Å².